The molecule has 2 aliphatic rings. The van der Waals surface area contributed by atoms with Crippen LogP contribution < -0.4 is 31.8 Å². The number of carbonyl (C=O) groups is 5. The third-order valence-corrected chi connectivity index (χ3v) is 13.6. The number of esters is 1. The number of benzene rings is 2. The standard InChI is InChI=1S/C41H53IN7O6/c1-41(2,3)55-38(54)25-44-35(51)24-43-36(52)26-49-32-13-9-12-31(28-14-15-29-23-45-47(4)33(29)22-28)39(32)40(46-49)27-18-20-48(21-19-27)37(53)17-16-34(50)42-30-10-7-5-6-8-11-30/h9,12-15,22-23,27,30H,5-8,10-11,16-21,24-26H2,1-4H3,(H,43,52)(H,44,51)/q-1. The van der Waals surface area contributed by atoms with E-state index in [0.717, 1.165) is 38.6 Å². The van der Waals surface area contributed by atoms with Crippen molar-refractivity contribution in [3.8, 4) is 11.1 Å². The van der Waals surface area contributed by atoms with Gasteiger partial charge in [-0.15, -0.1) is 0 Å². The second-order valence-corrected chi connectivity index (χ2v) is 19.2. The molecule has 6 rings (SSSR count). The average molecular weight is 867 g/mol. The maximum atomic E-state index is 13.3. The molecule has 0 radical (unpaired) electrons. The molecule has 2 fully saturated rings. The van der Waals surface area contributed by atoms with Crippen molar-refractivity contribution in [1.29, 1.82) is 0 Å². The molecular formula is C41H53IN7O6-. The van der Waals surface area contributed by atoms with Crippen LogP contribution in [0.1, 0.15) is 96.6 Å². The van der Waals surface area contributed by atoms with Gasteiger partial charge in [0.05, 0.1) is 18.3 Å². The number of nitrogens with zero attached hydrogens (tertiary/aromatic N) is 5. The van der Waals surface area contributed by atoms with Crippen LogP contribution in [0.2, 0.25) is 0 Å². The number of aryl methyl sites for hydroxylation is 1. The van der Waals surface area contributed by atoms with E-state index in [0.29, 0.717) is 40.1 Å². The van der Waals surface area contributed by atoms with Crippen LogP contribution in [0.4, 0.5) is 0 Å². The van der Waals surface area contributed by atoms with Crippen molar-refractivity contribution >= 4 is 49.3 Å². The van der Waals surface area contributed by atoms with Crippen molar-refractivity contribution in [2.75, 3.05) is 26.2 Å². The molecule has 0 atom stereocenters. The van der Waals surface area contributed by atoms with Crippen LogP contribution in [0, 0.1) is 0 Å². The summed E-state index contributed by atoms with van der Waals surface area (Å²) in [5, 5.41) is 16.6. The van der Waals surface area contributed by atoms with Crippen LogP contribution in [-0.2, 0) is 42.3 Å². The summed E-state index contributed by atoms with van der Waals surface area (Å²) in [6.45, 7) is 5.67. The fourth-order valence-electron chi connectivity index (χ4n) is 7.53. The molecule has 1 aliphatic heterocycles. The van der Waals surface area contributed by atoms with E-state index in [1.807, 2.05) is 35.0 Å². The van der Waals surface area contributed by atoms with E-state index in [2.05, 4.69) is 40.0 Å². The molecule has 4 aromatic rings. The zero-order valence-electron chi connectivity index (χ0n) is 32.4. The van der Waals surface area contributed by atoms with E-state index in [4.69, 9.17) is 9.84 Å². The molecule has 13 nitrogen and oxygen atoms in total. The van der Waals surface area contributed by atoms with Gasteiger partial charge in [-0.2, -0.15) is 5.10 Å². The molecule has 2 aromatic carbocycles. The predicted molar refractivity (Wildman–Crippen MR) is 206 cm³/mol. The molecule has 3 heterocycles. The maximum absolute atomic E-state index is 13.3. The summed E-state index contributed by atoms with van der Waals surface area (Å²) < 4.78 is 9.64. The fraction of sp³-hybridized carbons (Fsp3) is 0.537. The minimum Gasteiger partial charge on any atom is -0.459 e. The molecule has 0 unspecified atom stereocenters. The Morgan fingerprint density at radius 2 is 1.60 bits per heavy atom. The van der Waals surface area contributed by atoms with E-state index >= 15 is 0 Å². The predicted octanol–water partition coefficient (Wildman–Crippen LogP) is 1.99. The van der Waals surface area contributed by atoms with Crippen LogP contribution in [0.25, 0.3) is 32.9 Å². The molecule has 2 N–H and O–H groups in total. The Morgan fingerprint density at radius 3 is 2.33 bits per heavy atom. The van der Waals surface area contributed by atoms with Crippen molar-refractivity contribution in [1.82, 2.24) is 35.1 Å². The Balaban J connectivity index is 1.15. The van der Waals surface area contributed by atoms with Gasteiger partial charge in [0, 0.05) is 12.4 Å². The van der Waals surface area contributed by atoms with Crippen molar-refractivity contribution in [3.05, 3.63) is 48.3 Å². The summed E-state index contributed by atoms with van der Waals surface area (Å²) in [5.41, 5.74) is 3.96. The number of likely N-dealkylation sites (tertiary alicyclic amines) is 1. The first kappa shape index (κ1) is 40.3. The molecule has 0 spiro atoms. The van der Waals surface area contributed by atoms with Gasteiger partial charge in [-0.25, -0.2) is 0 Å². The number of alkyl halides is 1. The number of rotatable bonds is 13. The molecule has 14 heteroatoms. The third kappa shape index (κ3) is 10.7. The Kier molecular flexibility index (Phi) is 13.3. The molecule has 296 valence electrons. The van der Waals surface area contributed by atoms with Crippen LogP contribution in [0.15, 0.2) is 42.6 Å². The minimum atomic E-state index is -0.670. The third-order valence-electron chi connectivity index (χ3n) is 10.3. The summed E-state index contributed by atoms with van der Waals surface area (Å²) in [4.78, 5) is 65.7. The quantitative estimate of drug-likeness (QED) is 0.0680. The summed E-state index contributed by atoms with van der Waals surface area (Å²) in [7, 11) is 1.91. The van der Waals surface area contributed by atoms with Crippen LogP contribution in [-0.4, -0.2) is 87.6 Å². The van der Waals surface area contributed by atoms with Gasteiger partial charge in [0.15, 0.2) is 0 Å². The van der Waals surface area contributed by atoms with E-state index in [1.165, 1.54) is 38.5 Å². The number of amides is 3. The molecule has 1 aliphatic carbocycles. The van der Waals surface area contributed by atoms with Crippen molar-refractivity contribution in [2.24, 2.45) is 7.05 Å². The number of halogens is 1. The number of hydrogen-bond acceptors (Lipinski definition) is 8. The Bertz CT molecular complexity index is 2030. The molecular weight excluding hydrogens is 813 g/mol. The number of hydrogen-bond donors (Lipinski definition) is 2. The molecule has 3 amide bonds. The van der Waals surface area contributed by atoms with Crippen molar-refractivity contribution in [2.45, 2.75) is 107 Å². The fourth-order valence-corrected chi connectivity index (χ4v) is 10.6. The van der Waals surface area contributed by atoms with Gasteiger partial charge < -0.3 is 15.4 Å². The summed E-state index contributed by atoms with van der Waals surface area (Å²) in [6, 6.07) is 12.2. The summed E-state index contributed by atoms with van der Waals surface area (Å²) in [6.07, 6.45) is 11.2. The van der Waals surface area contributed by atoms with Gasteiger partial charge in [-0.1, -0.05) is 18.2 Å². The Hall–Kier alpha value is -4.34. The first-order valence-electron chi connectivity index (χ1n) is 19.5. The van der Waals surface area contributed by atoms with E-state index in [-0.39, 0.29) is 37.9 Å². The zero-order chi connectivity index (χ0) is 39.1. The summed E-state index contributed by atoms with van der Waals surface area (Å²) in [5.74, 6) is -1.39. The second kappa shape index (κ2) is 18.1. The SMILES string of the molecule is Cn1ncc2ccc(-c3cccc4c3c(C3CCN(C(=O)CCC(=O)[I-]C5CCCCCC5)CC3)nn4CC(=O)NCC(=O)NCC(=O)OC(C)(C)C)cc21. The Morgan fingerprint density at radius 1 is 0.873 bits per heavy atom. The number of ether oxygens (including phenoxy) is 1. The van der Waals surface area contributed by atoms with E-state index in [9.17, 15) is 24.0 Å². The smallest absolute Gasteiger partial charge is 0.459 e. The van der Waals surface area contributed by atoms with E-state index < -0.39 is 44.6 Å². The Labute approximate surface area is 332 Å². The number of carbonyl (C=O) groups excluding carboxylic acids is 5. The number of nitrogens with one attached hydrogen (secondary N) is 2. The molecule has 2 aromatic heterocycles. The minimum absolute atomic E-state index is 0.0406. The van der Waals surface area contributed by atoms with E-state index in [1.54, 1.807) is 25.5 Å². The summed E-state index contributed by atoms with van der Waals surface area (Å²) >= 11 is -0.525. The molecule has 0 bridgehead atoms. The van der Waals surface area contributed by atoms with Gasteiger partial charge in [-0.3, -0.25) is 19.1 Å². The second-order valence-electron chi connectivity index (χ2n) is 15.6. The first-order chi connectivity index (χ1) is 26.3. The monoisotopic (exact) mass is 866 g/mol. The zero-order valence-corrected chi connectivity index (χ0v) is 34.5. The van der Waals surface area contributed by atoms with Gasteiger partial charge in [0.1, 0.15) is 12.1 Å². The van der Waals surface area contributed by atoms with Gasteiger partial charge >= 0.3 is 195 Å². The van der Waals surface area contributed by atoms with Gasteiger partial charge in [0.25, 0.3) is 0 Å². The number of aromatic nitrogens is 4. The first-order valence-corrected chi connectivity index (χ1v) is 21.8. The number of fused-ring (bicyclic) bond motifs is 2. The van der Waals surface area contributed by atoms with Crippen LogP contribution >= 0.6 is 0 Å². The molecule has 1 saturated heterocycles. The molecule has 55 heavy (non-hydrogen) atoms. The van der Waals surface area contributed by atoms with Crippen LogP contribution in [0.5, 0.6) is 0 Å². The average Bonchev–Trinajstić information content (AvgIpc) is 3.60. The van der Waals surface area contributed by atoms with Crippen LogP contribution in [0.3, 0.4) is 0 Å². The number of piperidine rings is 1. The van der Waals surface area contributed by atoms with Gasteiger partial charge in [0.2, 0.25) is 11.8 Å². The molecule has 1 saturated carbocycles. The van der Waals surface area contributed by atoms with Crippen molar-refractivity contribution < 1.29 is 49.9 Å². The van der Waals surface area contributed by atoms with Gasteiger partial charge in [-0.05, 0) is 26.8 Å². The normalized spacial score (nSPS) is 16.0. The van der Waals surface area contributed by atoms with Crippen molar-refractivity contribution in [3.63, 3.8) is 0 Å². The topological polar surface area (TPSA) is 158 Å².